The lowest BCUT2D eigenvalue weighted by Gasteiger charge is -2.05. The van der Waals surface area contributed by atoms with Gasteiger partial charge in [-0.2, -0.15) is 5.10 Å². The fourth-order valence-electron chi connectivity index (χ4n) is 3.47. The number of thiazole rings is 1. The number of fused-ring (bicyclic) bond motifs is 1. The van der Waals surface area contributed by atoms with Gasteiger partial charge in [-0.1, -0.05) is 72.0 Å². The van der Waals surface area contributed by atoms with Crippen LogP contribution in [0, 0.1) is 6.92 Å². The first-order valence-electron chi connectivity index (χ1n) is 9.83. The third kappa shape index (κ3) is 3.67. The summed E-state index contributed by atoms with van der Waals surface area (Å²) in [6, 6.07) is 27.1. The Labute approximate surface area is 182 Å². The fourth-order valence-corrected chi connectivity index (χ4v) is 4.28. The van der Waals surface area contributed by atoms with Crippen molar-refractivity contribution in [3.63, 3.8) is 0 Å². The van der Waals surface area contributed by atoms with E-state index >= 15 is 0 Å². The molecule has 0 atom stereocenters. The second-order valence-electron chi connectivity index (χ2n) is 7.01. The molecule has 0 bridgehead atoms. The Kier molecular flexibility index (Phi) is 4.93. The van der Waals surface area contributed by atoms with Crippen molar-refractivity contribution in [3.8, 4) is 5.69 Å². The molecule has 3 aromatic carbocycles. The van der Waals surface area contributed by atoms with Crippen LogP contribution >= 0.6 is 11.3 Å². The molecule has 0 aliphatic carbocycles. The maximum atomic E-state index is 13.4. The van der Waals surface area contributed by atoms with E-state index < -0.39 is 0 Å². The van der Waals surface area contributed by atoms with Crippen molar-refractivity contribution in [1.29, 1.82) is 0 Å². The SMILES string of the molecule is Cc1[nH]n(-c2ccccc2)c(=O)c1/C(=N\Nc1nc2ccccc2s1)c1ccccc1. The Morgan fingerprint density at radius 1 is 0.968 bits per heavy atom. The summed E-state index contributed by atoms with van der Waals surface area (Å²) in [7, 11) is 0. The first-order chi connectivity index (χ1) is 15.2. The molecular formula is C24H19N5OS. The van der Waals surface area contributed by atoms with Crippen LogP contribution in [0.3, 0.4) is 0 Å². The summed E-state index contributed by atoms with van der Waals surface area (Å²) < 4.78 is 2.62. The van der Waals surface area contributed by atoms with Crippen LogP contribution in [0.1, 0.15) is 16.8 Å². The third-order valence-corrected chi connectivity index (χ3v) is 5.87. The van der Waals surface area contributed by atoms with Crippen molar-refractivity contribution < 1.29 is 0 Å². The maximum absolute atomic E-state index is 13.4. The van der Waals surface area contributed by atoms with Gasteiger partial charge in [0.2, 0.25) is 5.13 Å². The summed E-state index contributed by atoms with van der Waals surface area (Å²) in [6.45, 7) is 1.88. The minimum atomic E-state index is -0.155. The lowest BCUT2D eigenvalue weighted by molar-refractivity contribution is 0.835. The first kappa shape index (κ1) is 19.0. The van der Waals surface area contributed by atoms with Gasteiger partial charge < -0.3 is 0 Å². The topological polar surface area (TPSA) is 75.1 Å². The summed E-state index contributed by atoms with van der Waals surface area (Å²) in [5.41, 5.74) is 7.26. The molecule has 31 heavy (non-hydrogen) atoms. The van der Waals surface area contributed by atoms with E-state index in [-0.39, 0.29) is 5.56 Å². The molecule has 7 heteroatoms. The van der Waals surface area contributed by atoms with Crippen LogP contribution in [0.25, 0.3) is 15.9 Å². The van der Waals surface area contributed by atoms with E-state index in [0.29, 0.717) is 16.4 Å². The van der Waals surface area contributed by atoms with E-state index in [9.17, 15) is 4.79 Å². The molecule has 0 radical (unpaired) electrons. The number of aromatic nitrogens is 3. The van der Waals surface area contributed by atoms with Crippen LogP contribution in [0.4, 0.5) is 5.13 Å². The van der Waals surface area contributed by atoms with Crippen LogP contribution in [0.2, 0.25) is 0 Å². The van der Waals surface area contributed by atoms with E-state index in [1.54, 1.807) is 4.68 Å². The second-order valence-corrected chi connectivity index (χ2v) is 8.04. The highest BCUT2D eigenvalue weighted by molar-refractivity contribution is 7.22. The van der Waals surface area contributed by atoms with E-state index in [1.165, 1.54) is 11.3 Å². The minimum absolute atomic E-state index is 0.155. The zero-order valence-electron chi connectivity index (χ0n) is 16.7. The van der Waals surface area contributed by atoms with Gasteiger partial charge in [0.15, 0.2) is 0 Å². The van der Waals surface area contributed by atoms with Crippen LogP contribution in [-0.4, -0.2) is 20.5 Å². The number of rotatable bonds is 5. The normalized spacial score (nSPS) is 11.7. The molecule has 0 aliphatic heterocycles. The number of H-pyrrole nitrogens is 1. The Balaban J connectivity index is 1.61. The molecule has 0 spiro atoms. The number of hydrogen-bond donors (Lipinski definition) is 2. The molecule has 2 aromatic heterocycles. The van der Waals surface area contributed by atoms with E-state index in [1.807, 2.05) is 91.9 Å². The summed E-state index contributed by atoms with van der Waals surface area (Å²) in [6.07, 6.45) is 0. The molecule has 0 unspecified atom stereocenters. The zero-order valence-corrected chi connectivity index (χ0v) is 17.6. The summed E-state index contributed by atoms with van der Waals surface area (Å²) in [5, 5.41) is 8.49. The Morgan fingerprint density at radius 3 is 2.39 bits per heavy atom. The van der Waals surface area contributed by atoms with E-state index in [2.05, 4.69) is 20.6 Å². The number of aromatic amines is 1. The first-order valence-corrected chi connectivity index (χ1v) is 10.6. The van der Waals surface area contributed by atoms with Gasteiger partial charge in [-0.05, 0) is 31.2 Å². The molecule has 5 aromatic rings. The van der Waals surface area contributed by atoms with Crippen LogP contribution < -0.4 is 11.0 Å². The van der Waals surface area contributed by atoms with Gasteiger partial charge in [0.25, 0.3) is 5.56 Å². The van der Waals surface area contributed by atoms with Gasteiger partial charge in [0.05, 0.1) is 21.5 Å². The van der Waals surface area contributed by atoms with Gasteiger partial charge in [0, 0.05) is 11.3 Å². The highest BCUT2D eigenvalue weighted by Crippen LogP contribution is 2.25. The molecule has 5 rings (SSSR count). The molecule has 0 saturated carbocycles. The van der Waals surface area contributed by atoms with Crippen LogP contribution in [0.15, 0.2) is 94.8 Å². The Bertz CT molecular complexity index is 1400. The summed E-state index contributed by atoms with van der Waals surface area (Å²) >= 11 is 1.52. The van der Waals surface area contributed by atoms with Crippen LogP contribution in [-0.2, 0) is 0 Å². The lowest BCUT2D eigenvalue weighted by Crippen LogP contribution is -2.22. The molecule has 2 N–H and O–H groups in total. The standard InChI is InChI=1S/C24H19N5OS/c1-16-21(23(30)29(28-16)18-12-6-3-7-13-18)22(17-10-4-2-5-11-17)26-27-24-25-19-14-8-9-15-20(19)31-24/h2-15,28H,1H3,(H,25,27)/b26-22-. The number of aryl methyl sites for hydroxylation is 1. The number of nitrogens with one attached hydrogen (secondary N) is 2. The quantitative estimate of drug-likeness (QED) is 0.309. The smallest absolute Gasteiger partial charge is 0.281 e. The molecular weight excluding hydrogens is 406 g/mol. The lowest BCUT2D eigenvalue weighted by atomic mass is 10.0. The van der Waals surface area contributed by atoms with Crippen molar-refractivity contribution in [3.05, 3.63) is 112 Å². The highest BCUT2D eigenvalue weighted by Gasteiger charge is 2.20. The Morgan fingerprint density at radius 2 is 1.65 bits per heavy atom. The molecule has 0 amide bonds. The molecule has 0 fully saturated rings. The highest BCUT2D eigenvalue weighted by atomic mass is 32.1. The fraction of sp³-hybridized carbons (Fsp3) is 0.0417. The van der Waals surface area contributed by atoms with Crippen molar-refractivity contribution in [2.75, 3.05) is 5.43 Å². The number of hydrogen-bond acceptors (Lipinski definition) is 5. The predicted octanol–water partition coefficient (Wildman–Crippen LogP) is 4.95. The Hall–Kier alpha value is -3.97. The number of benzene rings is 3. The van der Waals surface area contributed by atoms with Gasteiger partial charge in [-0.3, -0.25) is 15.3 Å². The van der Waals surface area contributed by atoms with E-state index in [0.717, 1.165) is 27.2 Å². The summed E-state index contributed by atoms with van der Waals surface area (Å²) in [4.78, 5) is 17.9. The van der Waals surface area contributed by atoms with Crippen molar-refractivity contribution in [1.82, 2.24) is 14.8 Å². The van der Waals surface area contributed by atoms with Crippen LogP contribution in [0.5, 0.6) is 0 Å². The van der Waals surface area contributed by atoms with Crippen molar-refractivity contribution >= 4 is 32.4 Å². The molecule has 6 nitrogen and oxygen atoms in total. The molecule has 0 saturated heterocycles. The maximum Gasteiger partial charge on any atom is 0.281 e. The monoisotopic (exact) mass is 425 g/mol. The predicted molar refractivity (Wildman–Crippen MR) is 126 cm³/mol. The van der Waals surface area contributed by atoms with E-state index in [4.69, 9.17) is 0 Å². The molecule has 0 aliphatic rings. The minimum Gasteiger partial charge on any atom is -0.295 e. The van der Waals surface area contributed by atoms with Crippen molar-refractivity contribution in [2.24, 2.45) is 5.10 Å². The number of para-hydroxylation sites is 2. The number of nitrogens with zero attached hydrogens (tertiary/aromatic N) is 3. The number of anilines is 1. The molecule has 2 heterocycles. The van der Waals surface area contributed by atoms with Gasteiger partial charge in [0.1, 0.15) is 5.71 Å². The number of hydrazone groups is 1. The second kappa shape index (κ2) is 8.04. The average molecular weight is 426 g/mol. The van der Waals surface area contributed by atoms with Gasteiger partial charge in [-0.15, -0.1) is 0 Å². The largest absolute Gasteiger partial charge is 0.295 e. The van der Waals surface area contributed by atoms with Gasteiger partial charge in [-0.25, -0.2) is 9.67 Å². The zero-order chi connectivity index (χ0) is 21.2. The van der Waals surface area contributed by atoms with Crippen molar-refractivity contribution in [2.45, 2.75) is 6.92 Å². The average Bonchev–Trinajstić information content (AvgIpc) is 3.36. The summed E-state index contributed by atoms with van der Waals surface area (Å²) in [5.74, 6) is 0. The van der Waals surface area contributed by atoms with Gasteiger partial charge >= 0.3 is 0 Å². The third-order valence-electron chi connectivity index (χ3n) is 4.93. The molecule has 152 valence electrons.